The molecule has 1 aromatic carbocycles. The van der Waals surface area contributed by atoms with E-state index in [1.165, 1.54) is 7.11 Å². The van der Waals surface area contributed by atoms with Crippen LogP contribution in [0.5, 0.6) is 0 Å². The molecular formula is C16H21NO3. The molecule has 0 radical (unpaired) electrons. The molecule has 0 aliphatic heterocycles. The molecule has 0 saturated carbocycles. The molecule has 20 heavy (non-hydrogen) atoms. The standard InChI is InChI=1S/C16H21NO3/c1-5-16(3,20-4)15(19)17-14-9-8-12(2)13(11-14)7-6-10-18/h8-9,11,18H,5,10H2,1-4H3,(H,17,19). The molecule has 0 bridgehead atoms. The number of carbonyl (C=O) groups is 1. The minimum atomic E-state index is -0.845. The molecule has 0 aliphatic carbocycles. The predicted molar refractivity (Wildman–Crippen MR) is 79.5 cm³/mol. The Morgan fingerprint density at radius 1 is 1.50 bits per heavy atom. The number of nitrogens with one attached hydrogen (secondary N) is 1. The second kappa shape index (κ2) is 7.09. The van der Waals surface area contributed by atoms with Gasteiger partial charge in [0.1, 0.15) is 12.2 Å². The van der Waals surface area contributed by atoms with Crippen LogP contribution in [-0.4, -0.2) is 30.3 Å². The number of amides is 1. The second-order valence-corrected chi connectivity index (χ2v) is 4.73. The molecule has 0 heterocycles. The Hall–Kier alpha value is -1.83. The molecule has 4 nitrogen and oxygen atoms in total. The van der Waals surface area contributed by atoms with Crippen LogP contribution in [0.25, 0.3) is 0 Å². The van der Waals surface area contributed by atoms with Gasteiger partial charge < -0.3 is 15.2 Å². The van der Waals surface area contributed by atoms with Crippen LogP contribution in [0.4, 0.5) is 5.69 Å². The van der Waals surface area contributed by atoms with Gasteiger partial charge in [-0.1, -0.05) is 24.8 Å². The zero-order chi connectivity index (χ0) is 15.2. The van der Waals surface area contributed by atoms with Crippen LogP contribution in [0.1, 0.15) is 31.4 Å². The van der Waals surface area contributed by atoms with Crippen molar-refractivity contribution in [1.82, 2.24) is 0 Å². The minimum absolute atomic E-state index is 0.187. The number of hydrogen-bond acceptors (Lipinski definition) is 3. The molecule has 0 aromatic heterocycles. The highest BCUT2D eigenvalue weighted by atomic mass is 16.5. The first-order valence-corrected chi connectivity index (χ1v) is 6.53. The van der Waals surface area contributed by atoms with Crippen LogP contribution in [0.15, 0.2) is 18.2 Å². The summed E-state index contributed by atoms with van der Waals surface area (Å²) < 4.78 is 5.27. The van der Waals surface area contributed by atoms with Crippen molar-refractivity contribution in [2.24, 2.45) is 0 Å². The molecule has 0 aliphatic rings. The highest BCUT2D eigenvalue weighted by molar-refractivity contribution is 5.97. The van der Waals surface area contributed by atoms with Gasteiger partial charge in [0.15, 0.2) is 0 Å². The summed E-state index contributed by atoms with van der Waals surface area (Å²) in [4.78, 5) is 12.2. The third-order valence-corrected chi connectivity index (χ3v) is 3.40. The summed E-state index contributed by atoms with van der Waals surface area (Å²) in [7, 11) is 1.52. The largest absolute Gasteiger partial charge is 0.384 e. The van der Waals surface area contributed by atoms with Gasteiger partial charge in [0.2, 0.25) is 0 Å². The number of benzene rings is 1. The first-order chi connectivity index (χ1) is 9.46. The molecular weight excluding hydrogens is 254 g/mol. The van der Waals surface area contributed by atoms with E-state index in [0.29, 0.717) is 12.1 Å². The van der Waals surface area contributed by atoms with Crippen molar-refractivity contribution in [3.63, 3.8) is 0 Å². The number of rotatable bonds is 4. The summed E-state index contributed by atoms with van der Waals surface area (Å²) in [5, 5.41) is 11.6. The van der Waals surface area contributed by atoms with Gasteiger partial charge in [-0.25, -0.2) is 0 Å². The third-order valence-electron chi connectivity index (χ3n) is 3.40. The van der Waals surface area contributed by atoms with Crippen molar-refractivity contribution in [2.45, 2.75) is 32.8 Å². The number of aryl methyl sites for hydroxylation is 1. The number of methoxy groups -OCH3 is 1. The van der Waals surface area contributed by atoms with Gasteiger partial charge in [-0.3, -0.25) is 4.79 Å². The summed E-state index contributed by atoms with van der Waals surface area (Å²) in [5.74, 6) is 5.28. The lowest BCUT2D eigenvalue weighted by Gasteiger charge is -2.25. The Morgan fingerprint density at radius 2 is 2.20 bits per heavy atom. The zero-order valence-corrected chi connectivity index (χ0v) is 12.4. The van der Waals surface area contributed by atoms with E-state index in [9.17, 15) is 4.79 Å². The molecule has 0 saturated heterocycles. The van der Waals surface area contributed by atoms with Gasteiger partial charge in [-0.2, -0.15) is 0 Å². The van der Waals surface area contributed by atoms with E-state index < -0.39 is 5.60 Å². The zero-order valence-electron chi connectivity index (χ0n) is 12.4. The smallest absolute Gasteiger partial charge is 0.256 e. The maximum absolute atomic E-state index is 12.2. The summed E-state index contributed by atoms with van der Waals surface area (Å²) >= 11 is 0. The van der Waals surface area contributed by atoms with E-state index in [-0.39, 0.29) is 12.5 Å². The van der Waals surface area contributed by atoms with E-state index in [2.05, 4.69) is 17.2 Å². The number of ether oxygens (including phenoxy) is 1. The molecule has 0 spiro atoms. The maximum atomic E-state index is 12.2. The fourth-order valence-electron chi connectivity index (χ4n) is 1.63. The quantitative estimate of drug-likeness (QED) is 0.827. The number of aliphatic hydroxyl groups excluding tert-OH is 1. The normalized spacial score (nSPS) is 13.1. The number of anilines is 1. The fourth-order valence-corrected chi connectivity index (χ4v) is 1.63. The Bertz CT molecular complexity index is 536. The molecule has 1 amide bonds. The molecule has 2 N–H and O–H groups in total. The van der Waals surface area contributed by atoms with Crippen molar-refractivity contribution in [1.29, 1.82) is 0 Å². The molecule has 1 rings (SSSR count). The van der Waals surface area contributed by atoms with E-state index in [0.717, 1.165) is 11.1 Å². The average molecular weight is 275 g/mol. The molecule has 0 fully saturated rings. The maximum Gasteiger partial charge on any atom is 0.256 e. The molecule has 1 unspecified atom stereocenters. The fraction of sp³-hybridized carbons (Fsp3) is 0.438. The van der Waals surface area contributed by atoms with Crippen LogP contribution >= 0.6 is 0 Å². The first-order valence-electron chi connectivity index (χ1n) is 6.53. The van der Waals surface area contributed by atoms with Gasteiger partial charge in [0.05, 0.1) is 0 Å². The Labute approximate surface area is 120 Å². The summed E-state index contributed by atoms with van der Waals surface area (Å²) in [5.41, 5.74) is 1.60. The number of carbonyl (C=O) groups excluding carboxylic acids is 1. The van der Waals surface area contributed by atoms with Crippen LogP contribution < -0.4 is 5.32 Å². The van der Waals surface area contributed by atoms with Crippen LogP contribution in [0.2, 0.25) is 0 Å². The van der Waals surface area contributed by atoms with Gasteiger partial charge in [-0.05, 0) is 38.0 Å². The lowest BCUT2D eigenvalue weighted by Crippen LogP contribution is -2.41. The summed E-state index contributed by atoms with van der Waals surface area (Å²) in [6.07, 6.45) is 0.582. The molecule has 1 atom stereocenters. The second-order valence-electron chi connectivity index (χ2n) is 4.73. The lowest BCUT2D eigenvalue weighted by molar-refractivity contribution is -0.136. The van der Waals surface area contributed by atoms with Crippen LogP contribution in [-0.2, 0) is 9.53 Å². The summed E-state index contributed by atoms with van der Waals surface area (Å²) in [6, 6.07) is 5.50. The molecule has 108 valence electrons. The third kappa shape index (κ3) is 3.83. The van der Waals surface area contributed by atoms with Gasteiger partial charge in [-0.15, -0.1) is 0 Å². The summed E-state index contributed by atoms with van der Waals surface area (Å²) in [6.45, 7) is 5.39. The van der Waals surface area contributed by atoms with Gasteiger partial charge in [0, 0.05) is 18.4 Å². The highest BCUT2D eigenvalue weighted by Crippen LogP contribution is 2.19. The van der Waals surface area contributed by atoms with E-state index in [4.69, 9.17) is 9.84 Å². The monoisotopic (exact) mass is 275 g/mol. The SMILES string of the molecule is CCC(C)(OC)C(=O)Nc1ccc(C)c(C#CCO)c1. The van der Waals surface area contributed by atoms with Crippen LogP contribution in [0, 0.1) is 18.8 Å². The topological polar surface area (TPSA) is 58.6 Å². The van der Waals surface area contributed by atoms with Crippen molar-refractivity contribution in [3.05, 3.63) is 29.3 Å². The van der Waals surface area contributed by atoms with E-state index in [1.54, 1.807) is 13.0 Å². The van der Waals surface area contributed by atoms with Gasteiger partial charge >= 0.3 is 0 Å². The Kier molecular flexibility index (Phi) is 5.75. The number of aliphatic hydroxyl groups is 1. The van der Waals surface area contributed by atoms with E-state index in [1.807, 2.05) is 26.0 Å². The predicted octanol–water partition coefficient (Wildman–Crippen LogP) is 2.09. The molecule has 1 aromatic rings. The Morgan fingerprint density at radius 3 is 2.75 bits per heavy atom. The van der Waals surface area contributed by atoms with Crippen molar-refractivity contribution >= 4 is 11.6 Å². The highest BCUT2D eigenvalue weighted by Gasteiger charge is 2.30. The number of hydrogen-bond donors (Lipinski definition) is 2. The molecule has 4 heteroatoms. The van der Waals surface area contributed by atoms with E-state index >= 15 is 0 Å². The first kappa shape index (κ1) is 16.2. The van der Waals surface area contributed by atoms with Crippen molar-refractivity contribution < 1.29 is 14.6 Å². The van der Waals surface area contributed by atoms with Crippen LogP contribution in [0.3, 0.4) is 0 Å². The minimum Gasteiger partial charge on any atom is -0.384 e. The van der Waals surface area contributed by atoms with Crippen molar-refractivity contribution in [3.8, 4) is 11.8 Å². The lowest BCUT2D eigenvalue weighted by atomic mass is 10.0. The van der Waals surface area contributed by atoms with Crippen molar-refractivity contribution in [2.75, 3.05) is 19.0 Å². The van der Waals surface area contributed by atoms with Gasteiger partial charge in [0.25, 0.3) is 5.91 Å². The average Bonchev–Trinajstić information content (AvgIpc) is 2.46. The Balaban J connectivity index is 2.96.